The molecular weight excluding hydrogens is 166 g/mol. The minimum atomic E-state index is -0.550. The number of hydrogen-bond donors (Lipinski definition) is 1. The van der Waals surface area contributed by atoms with Gasteiger partial charge in [-0.3, -0.25) is 0 Å². The maximum Gasteiger partial charge on any atom is 0.205 e. The summed E-state index contributed by atoms with van der Waals surface area (Å²) in [4.78, 5) is 6.35. The van der Waals surface area contributed by atoms with E-state index < -0.39 is 5.60 Å². The van der Waals surface area contributed by atoms with Crippen LogP contribution in [0.15, 0.2) is 12.4 Å². The van der Waals surface area contributed by atoms with Gasteiger partial charge in [-0.1, -0.05) is 0 Å². The van der Waals surface area contributed by atoms with Gasteiger partial charge < -0.3 is 14.6 Å². The quantitative estimate of drug-likeness (QED) is 0.681. The Kier molecular flexibility index (Phi) is 1.80. The fourth-order valence-electron chi connectivity index (χ4n) is 1.78. The molecule has 1 fully saturated rings. The van der Waals surface area contributed by atoms with E-state index in [2.05, 4.69) is 9.88 Å². The number of β-amino-alcohol motifs (C(OH)–C–C–N with tert-alkyl or cyclic N) is 1. The third-order valence-corrected chi connectivity index (χ3v) is 2.53. The van der Waals surface area contributed by atoms with Crippen molar-refractivity contribution in [2.75, 3.05) is 18.0 Å². The largest absolute Gasteiger partial charge is 0.388 e. The third-order valence-electron chi connectivity index (χ3n) is 2.53. The molecule has 1 saturated heterocycles. The maximum absolute atomic E-state index is 9.78. The zero-order chi connectivity index (χ0) is 9.47. The van der Waals surface area contributed by atoms with Gasteiger partial charge in [0.15, 0.2) is 0 Å². The van der Waals surface area contributed by atoms with Crippen molar-refractivity contribution < 1.29 is 5.11 Å². The van der Waals surface area contributed by atoms with E-state index >= 15 is 0 Å². The van der Waals surface area contributed by atoms with Gasteiger partial charge in [-0.15, -0.1) is 0 Å². The molecule has 0 bridgehead atoms. The summed E-state index contributed by atoms with van der Waals surface area (Å²) in [6.07, 6.45) is 4.52. The lowest BCUT2D eigenvalue weighted by molar-refractivity contribution is 0.0838. The lowest BCUT2D eigenvalue weighted by Gasteiger charge is -2.19. The van der Waals surface area contributed by atoms with Gasteiger partial charge in [0.2, 0.25) is 5.95 Å². The number of aliphatic hydroxyl groups is 1. The highest BCUT2D eigenvalue weighted by molar-refractivity contribution is 5.33. The van der Waals surface area contributed by atoms with Crippen LogP contribution in [0.5, 0.6) is 0 Å². The number of hydrogen-bond acceptors (Lipinski definition) is 3. The highest BCUT2D eigenvalue weighted by Gasteiger charge is 2.32. The fraction of sp³-hybridized carbons (Fsp3) is 0.667. The highest BCUT2D eigenvalue weighted by Crippen LogP contribution is 2.24. The zero-order valence-electron chi connectivity index (χ0n) is 8.06. The molecule has 0 aliphatic carbocycles. The molecule has 1 atom stereocenters. The summed E-state index contributed by atoms with van der Waals surface area (Å²) >= 11 is 0. The molecule has 2 heterocycles. The average molecular weight is 181 g/mol. The molecule has 1 aliphatic rings. The second-order valence-corrected chi connectivity index (χ2v) is 4.01. The number of nitrogens with zero attached hydrogens (tertiary/aromatic N) is 3. The van der Waals surface area contributed by atoms with Crippen LogP contribution in [0.2, 0.25) is 0 Å². The maximum atomic E-state index is 9.78. The number of rotatable bonds is 1. The molecule has 1 aromatic heterocycles. The number of anilines is 1. The standard InChI is InChI=1S/C9H15N3O/c1-9(13)3-5-12(7-9)8-10-4-6-11(8)2/h4,6,13H,3,5,7H2,1-2H3. The first-order valence-corrected chi connectivity index (χ1v) is 4.53. The smallest absolute Gasteiger partial charge is 0.205 e. The SMILES string of the molecule is Cn1ccnc1N1CCC(C)(O)C1. The van der Waals surface area contributed by atoms with Gasteiger partial charge in [0.1, 0.15) is 0 Å². The van der Waals surface area contributed by atoms with E-state index in [4.69, 9.17) is 0 Å². The van der Waals surface area contributed by atoms with Crippen LogP contribution in [0.25, 0.3) is 0 Å². The summed E-state index contributed by atoms with van der Waals surface area (Å²) in [5, 5.41) is 9.78. The lowest BCUT2D eigenvalue weighted by Crippen LogP contribution is -2.30. The van der Waals surface area contributed by atoms with E-state index in [9.17, 15) is 5.11 Å². The second-order valence-electron chi connectivity index (χ2n) is 4.01. The van der Waals surface area contributed by atoms with Crippen LogP contribution in [-0.4, -0.2) is 33.3 Å². The molecule has 2 rings (SSSR count). The molecule has 1 aromatic rings. The molecule has 0 saturated carbocycles. The average Bonchev–Trinajstić information content (AvgIpc) is 2.56. The van der Waals surface area contributed by atoms with E-state index in [-0.39, 0.29) is 0 Å². The first-order valence-electron chi connectivity index (χ1n) is 4.53. The van der Waals surface area contributed by atoms with Crippen molar-refractivity contribution in [2.24, 2.45) is 7.05 Å². The van der Waals surface area contributed by atoms with Crippen LogP contribution >= 0.6 is 0 Å². The van der Waals surface area contributed by atoms with Crippen LogP contribution in [0.4, 0.5) is 5.95 Å². The molecule has 4 heteroatoms. The van der Waals surface area contributed by atoms with Crippen LogP contribution in [0.3, 0.4) is 0 Å². The fourth-order valence-corrected chi connectivity index (χ4v) is 1.78. The van der Waals surface area contributed by atoms with Gasteiger partial charge in [-0.05, 0) is 13.3 Å². The summed E-state index contributed by atoms with van der Waals surface area (Å²) in [7, 11) is 1.97. The van der Waals surface area contributed by atoms with E-state index in [0.29, 0.717) is 6.54 Å². The van der Waals surface area contributed by atoms with Crippen molar-refractivity contribution in [3.05, 3.63) is 12.4 Å². The topological polar surface area (TPSA) is 41.3 Å². The van der Waals surface area contributed by atoms with Gasteiger partial charge in [0.05, 0.1) is 5.60 Å². The first kappa shape index (κ1) is 8.56. The lowest BCUT2D eigenvalue weighted by atomic mass is 10.1. The van der Waals surface area contributed by atoms with Gasteiger partial charge in [0.25, 0.3) is 0 Å². The van der Waals surface area contributed by atoms with Crippen molar-refractivity contribution in [2.45, 2.75) is 18.9 Å². The number of aryl methyl sites for hydroxylation is 1. The highest BCUT2D eigenvalue weighted by atomic mass is 16.3. The summed E-state index contributed by atoms with van der Waals surface area (Å²) in [6, 6.07) is 0. The first-order chi connectivity index (χ1) is 6.08. The Morgan fingerprint density at radius 1 is 1.62 bits per heavy atom. The Morgan fingerprint density at radius 2 is 2.38 bits per heavy atom. The molecule has 1 aliphatic heterocycles. The zero-order valence-corrected chi connectivity index (χ0v) is 8.06. The molecule has 0 spiro atoms. The summed E-state index contributed by atoms with van der Waals surface area (Å²) < 4.78 is 1.97. The minimum Gasteiger partial charge on any atom is -0.388 e. The Morgan fingerprint density at radius 3 is 2.85 bits per heavy atom. The molecule has 0 radical (unpaired) electrons. The Bertz CT molecular complexity index is 306. The summed E-state index contributed by atoms with van der Waals surface area (Å²) in [6.45, 7) is 3.44. The van der Waals surface area contributed by atoms with Crippen molar-refractivity contribution in [1.29, 1.82) is 0 Å². The molecular formula is C9H15N3O. The molecule has 1 N–H and O–H groups in total. The predicted molar refractivity (Wildman–Crippen MR) is 50.7 cm³/mol. The van der Waals surface area contributed by atoms with Crippen LogP contribution in [-0.2, 0) is 7.05 Å². The predicted octanol–water partition coefficient (Wildman–Crippen LogP) is 0.381. The molecule has 72 valence electrons. The Labute approximate surface area is 77.8 Å². The Hall–Kier alpha value is -1.03. The third kappa shape index (κ3) is 1.54. The van der Waals surface area contributed by atoms with Gasteiger partial charge >= 0.3 is 0 Å². The van der Waals surface area contributed by atoms with Gasteiger partial charge in [-0.2, -0.15) is 0 Å². The van der Waals surface area contributed by atoms with E-state index in [1.54, 1.807) is 6.20 Å². The second kappa shape index (κ2) is 2.73. The van der Waals surface area contributed by atoms with E-state index in [0.717, 1.165) is 18.9 Å². The molecule has 4 nitrogen and oxygen atoms in total. The number of imidazole rings is 1. The molecule has 1 unspecified atom stereocenters. The van der Waals surface area contributed by atoms with Gasteiger partial charge in [-0.25, -0.2) is 4.98 Å². The van der Waals surface area contributed by atoms with Crippen LogP contribution in [0.1, 0.15) is 13.3 Å². The molecule has 13 heavy (non-hydrogen) atoms. The minimum absolute atomic E-state index is 0.550. The van der Waals surface area contributed by atoms with E-state index in [1.165, 1.54) is 0 Å². The molecule has 0 amide bonds. The normalized spacial score (nSPS) is 28.4. The van der Waals surface area contributed by atoms with Crippen molar-refractivity contribution in [3.8, 4) is 0 Å². The number of aromatic nitrogens is 2. The monoisotopic (exact) mass is 181 g/mol. The van der Waals surface area contributed by atoms with Crippen LogP contribution in [0, 0.1) is 0 Å². The van der Waals surface area contributed by atoms with Crippen molar-refractivity contribution in [1.82, 2.24) is 9.55 Å². The van der Waals surface area contributed by atoms with Crippen molar-refractivity contribution in [3.63, 3.8) is 0 Å². The summed E-state index contributed by atoms with van der Waals surface area (Å²) in [5.74, 6) is 0.942. The van der Waals surface area contributed by atoms with E-state index in [1.807, 2.05) is 24.7 Å². The van der Waals surface area contributed by atoms with Gasteiger partial charge in [0, 0.05) is 32.5 Å². The van der Waals surface area contributed by atoms with Crippen molar-refractivity contribution >= 4 is 5.95 Å². The molecule has 0 aromatic carbocycles. The Balaban J connectivity index is 2.17. The summed E-state index contributed by atoms with van der Waals surface area (Å²) in [5.41, 5.74) is -0.550. The van der Waals surface area contributed by atoms with Crippen LogP contribution < -0.4 is 4.90 Å².